The van der Waals surface area contributed by atoms with Crippen LogP contribution in [0.2, 0.25) is 0 Å². The Balaban J connectivity index is 1.75. The first kappa shape index (κ1) is 19.2. The van der Waals surface area contributed by atoms with E-state index in [0.717, 1.165) is 11.3 Å². The molecule has 0 fully saturated rings. The molecule has 3 rings (SSSR count). The summed E-state index contributed by atoms with van der Waals surface area (Å²) in [6.07, 6.45) is 0. The van der Waals surface area contributed by atoms with E-state index in [1.54, 1.807) is 67.6 Å². The molecule has 5 nitrogen and oxygen atoms in total. The third-order valence-corrected chi connectivity index (χ3v) is 4.37. The molecule has 142 valence electrons. The number of nitrogens with one attached hydrogen (secondary N) is 1. The zero-order valence-electron chi connectivity index (χ0n) is 15.9. The van der Waals surface area contributed by atoms with Crippen molar-refractivity contribution in [2.24, 2.45) is 0 Å². The van der Waals surface area contributed by atoms with Gasteiger partial charge in [-0.15, -0.1) is 0 Å². The van der Waals surface area contributed by atoms with Gasteiger partial charge in [-0.1, -0.05) is 42.5 Å². The van der Waals surface area contributed by atoms with Crippen LogP contribution in [0, 0.1) is 0 Å². The largest absolute Gasteiger partial charge is 0.497 e. The second kappa shape index (κ2) is 8.86. The summed E-state index contributed by atoms with van der Waals surface area (Å²) in [6.45, 7) is 0.448. The average Bonchev–Trinajstić information content (AvgIpc) is 2.74. The summed E-state index contributed by atoms with van der Waals surface area (Å²) in [5.74, 6) is 0.352. The van der Waals surface area contributed by atoms with Crippen molar-refractivity contribution < 1.29 is 14.3 Å². The van der Waals surface area contributed by atoms with Crippen molar-refractivity contribution in [1.29, 1.82) is 0 Å². The van der Waals surface area contributed by atoms with E-state index in [4.69, 9.17) is 4.74 Å². The van der Waals surface area contributed by atoms with Crippen molar-refractivity contribution in [1.82, 2.24) is 4.90 Å². The Morgan fingerprint density at radius 2 is 1.54 bits per heavy atom. The summed E-state index contributed by atoms with van der Waals surface area (Å²) in [7, 11) is 3.35. The van der Waals surface area contributed by atoms with Gasteiger partial charge in [0, 0.05) is 19.2 Å². The first-order chi connectivity index (χ1) is 13.6. The Bertz CT molecular complexity index is 953. The fourth-order valence-corrected chi connectivity index (χ4v) is 2.84. The van der Waals surface area contributed by atoms with Gasteiger partial charge >= 0.3 is 0 Å². The fraction of sp³-hybridized carbons (Fsp3) is 0.130. The van der Waals surface area contributed by atoms with E-state index < -0.39 is 0 Å². The number of carbonyl (C=O) groups excluding carboxylic acids is 2. The molecule has 28 heavy (non-hydrogen) atoms. The lowest BCUT2D eigenvalue weighted by molar-refractivity contribution is 0.0786. The molecule has 0 aliphatic carbocycles. The van der Waals surface area contributed by atoms with Gasteiger partial charge in [0.05, 0.1) is 18.4 Å². The second-order valence-electron chi connectivity index (χ2n) is 6.38. The molecule has 0 aliphatic heterocycles. The van der Waals surface area contributed by atoms with Gasteiger partial charge in [-0.25, -0.2) is 0 Å². The van der Waals surface area contributed by atoms with Crippen molar-refractivity contribution in [3.05, 3.63) is 95.6 Å². The summed E-state index contributed by atoms with van der Waals surface area (Å²) in [4.78, 5) is 27.0. The van der Waals surface area contributed by atoms with Crippen LogP contribution in [0.5, 0.6) is 5.75 Å². The van der Waals surface area contributed by atoms with Crippen LogP contribution in [0.3, 0.4) is 0 Å². The molecule has 0 aliphatic rings. The highest BCUT2D eigenvalue weighted by Gasteiger charge is 2.17. The minimum atomic E-state index is -0.251. The molecule has 3 aromatic carbocycles. The summed E-state index contributed by atoms with van der Waals surface area (Å²) < 4.78 is 5.16. The molecule has 0 spiro atoms. The van der Waals surface area contributed by atoms with Crippen LogP contribution in [-0.4, -0.2) is 30.9 Å². The minimum Gasteiger partial charge on any atom is -0.497 e. The summed E-state index contributed by atoms with van der Waals surface area (Å²) in [5, 5.41) is 2.84. The van der Waals surface area contributed by atoms with Crippen LogP contribution in [0.4, 0.5) is 5.69 Å². The van der Waals surface area contributed by atoms with Crippen LogP contribution in [0.1, 0.15) is 26.3 Å². The molecule has 0 unspecified atom stereocenters. The number of nitrogens with zero attached hydrogens (tertiary/aromatic N) is 1. The van der Waals surface area contributed by atoms with Gasteiger partial charge in [0.2, 0.25) is 0 Å². The molecule has 0 heterocycles. The summed E-state index contributed by atoms with van der Waals surface area (Å²) in [6, 6.07) is 23.5. The van der Waals surface area contributed by atoms with E-state index in [1.807, 2.05) is 30.3 Å². The summed E-state index contributed by atoms with van der Waals surface area (Å²) in [5.41, 5.74) is 2.46. The number of anilines is 1. The van der Waals surface area contributed by atoms with Crippen molar-refractivity contribution in [2.75, 3.05) is 19.5 Å². The summed E-state index contributed by atoms with van der Waals surface area (Å²) >= 11 is 0. The number of rotatable bonds is 6. The highest BCUT2D eigenvalue weighted by Crippen LogP contribution is 2.20. The Morgan fingerprint density at radius 3 is 2.21 bits per heavy atom. The molecule has 0 atom stereocenters. The zero-order chi connectivity index (χ0) is 19.9. The maximum absolute atomic E-state index is 13.0. The maximum atomic E-state index is 13.0. The topological polar surface area (TPSA) is 58.6 Å². The number of methoxy groups -OCH3 is 1. The lowest BCUT2D eigenvalue weighted by Crippen LogP contribution is -2.27. The Kier molecular flexibility index (Phi) is 6.07. The predicted octanol–water partition coefficient (Wildman–Crippen LogP) is 4.22. The number of hydrogen-bond donors (Lipinski definition) is 1. The van der Waals surface area contributed by atoms with Crippen molar-refractivity contribution >= 4 is 17.5 Å². The van der Waals surface area contributed by atoms with Crippen molar-refractivity contribution in [3.63, 3.8) is 0 Å². The quantitative estimate of drug-likeness (QED) is 0.703. The molecule has 0 radical (unpaired) electrons. The van der Waals surface area contributed by atoms with E-state index in [2.05, 4.69) is 5.32 Å². The van der Waals surface area contributed by atoms with Gasteiger partial charge in [-0.05, 0) is 42.0 Å². The van der Waals surface area contributed by atoms with Crippen LogP contribution < -0.4 is 10.1 Å². The second-order valence-corrected chi connectivity index (χ2v) is 6.38. The fourth-order valence-electron chi connectivity index (χ4n) is 2.84. The zero-order valence-corrected chi connectivity index (χ0v) is 15.9. The molecule has 1 N–H and O–H groups in total. The van der Waals surface area contributed by atoms with Gasteiger partial charge in [-0.2, -0.15) is 0 Å². The van der Waals surface area contributed by atoms with Crippen LogP contribution >= 0.6 is 0 Å². The molecule has 0 aromatic heterocycles. The molecule has 0 saturated carbocycles. The smallest absolute Gasteiger partial charge is 0.256 e. The number of hydrogen-bond acceptors (Lipinski definition) is 3. The molecule has 0 saturated heterocycles. The number of amides is 2. The first-order valence-electron chi connectivity index (χ1n) is 8.92. The van der Waals surface area contributed by atoms with Gasteiger partial charge in [0.25, 0.3) is 11.8 Å². The highest BCUT2D eigenvalue weighted by atomic mass is 16.5. The molecule has 3 aromatic rings. The third-order valence-electron chi connectivity index (χ3n) is 4.37. The number of carbonyl (C=O) groups is 2. The molecular weight excluding hydrogens is 352 g/mol. The average molecular weight is 374 g/mol. The maximum Gasteiger partial charge on any atom is 0.256 e. The first-order valence-corrected chi connectivity index (χ1v) is 8.92. The molecule has 0 bridgehead atoms. The van der Waals surface area contributed by atoms with E-state index in [1.165, 1.54) is 0 Å². The van der Waals surface area contributed by atoms with Crippen molar-refractivity contribution in [3.8, 4) is 5.75 Å². The molecular formula is C23H22N2O3. The lowest BCUT2D eigenvalue weighted by Gasteiger charge is -2.19. The number of benzene rings is 3. The van der Waals surface area contributed by atoms with Gasteiger partial charge in [-0.3, -0.25) is 9.59 Å². The standard InChI is InChI=1S/C23H22N2O3/c1-25(16-17-12-14-19(28-2)15-13-17)23(27)20-10-6-7-11-21(20)24-22(26)18-8-4-3-5-9-18/h3-15H,16H2,1-2H3,(H,24,26). The van der Waals surface area contributed by atoms with Crippen LogP contribution in [0.15, 0.2) is 78.9 Å². The van der Waals surface area contributed by atoms with Crippen molar-refractivity contribution in [2.45, 2.75) is 6.54 Å². The Labute approximate surface area is 164 Å². The monoisotopic (exact) mass is 374 g/mol. The Morgan fingerprint density at radius 1 is 0.893 bits per heavy atom. The van der Waals surface area contributed by atoms with E-state index >= 15 is 0 Å². The number of ether oxygens (including phenoxy) is 1. The molecule has 2 amide bonds. The van der Waals surface area contributed by atoms with Gasteiger partial charge < -0.3 is 15.0 Å². The van der Waals surface area contributed by atoms with E-state index in [0.29, 0.717) is 23.4 Å². The van der Waals surface area contributed by atoms with Gasteiger partial charge in [0.15, 0.2) is 0 Å². The Hall–Kier alpha value is -3.60. The highest BCUT2D eigenvalue weighted by molar-refractivity contribution is 6.08. The SMILES string of the molecule is COc1ccc(CN(C)C(=O)c2ccccc2NC(=O)c2ccccc2)cc1. The van der Waals surface area contributed by atoms with Crippen LogP contribution in [0.25, 0.3) is 0 Å². The lowest BCUT2D eigenvalue weighted by atomic mass is 10.1. The van der Waals surface area contributed by atoms with E-state index in [9.17, 15) is 9.59 Å². The van der Waals surface area contributed by atoms with E-state index in [-0.39, 0.29) is 11.8 Å². The van der Waals surface area contributed by atoms with Crippen LogP contribution in [-0.2, 0) is 6.54 Å². The number of para-hydroxylation sites is 1. The predicted molar refractivity (Wildman–Crippen MR) is 110 cm³/mol. The normalized spacial score (nSPS) is 10.2. The minimum absolute atomic E-state index is 0.167. The molecule has 5 heteroatoms. The van der Waals surface area contributed by atoms with Gasteiger partial charge in [0.1, 0.15) is 5.75 Å². The third kappa shape index (κ3) is 4.57.